The number of likely N-dealkylation sites (tertiary alicyclic amines) is 1. The van der Waals surface area contributed by atoms with Crippen LogP contribution in [-0.2, 0) is 6.42 Å². The molecule has 0 bridgehead atoms. The molecule has 1 aromatic carbocycles. The quantitative estimate of drug-likeness (QED) is 0.909. The lowest BCUT2D eigenvalue weighted by Gasteiger charge is -2.47. The van der Waals surface area contributed by atoms with Crippen molar-refractivity contribution in [2.45, 2.75) is 64.0 Å². The van der Waals surface area contributed by atoms with Gasteiger partial charge < -0.3 is 5.73 Å². The zero-order valence-electron chi connectivity index (χ0n) is 13.4. The molecule has 1 saturated carbocycles. The van der Waals surface area contributed by atoms with E-state index in [0.717, 1.165) is 24.9 Å². The van der Waals surface area contributed by atoms with Crippen molar-refractivity contribution in [1.29, 1.82) is 0 Å². The molecular weight excluding hydrogens is 256 g/mol. The predicted octanol–water partition coefficient (Wildman–Crippen LogP) is 3.90. The summed E-state index contributed by atoms with van der Waals surface area (Å²) in [5, 5.41) is 0. The van der Waals surface area contributed by atoms with Crippen molar-refractivity contribution >= 4 is 0 Å². The predicted molar refractivity (Wildman–Crippen MR) is 89.3 cm³/mol. The van der Waals surface area contributed by atoms with Gasteiger partial charge in [-0.05, 0) is 55.7 Å². The van der Waals surface area contributed by atoms with Crippen LogP contribution in [0, 0.1) is 5.92 Å². The van der Waals surface area contributed by atoms with Gasteiger partial charge in [0, 0.05) is 18.6 Å². The van der Waals surface area contributed by atoms with Crippen LogP contribution in [0.3, 0.4) is 0 Å². The average Bonchev–Trinajstić information content (AvgIpc) is 2.56. The summed E-state index contributed by atoms with van der Waals surface area (Å²) in [5.41, 5.74) is 9.02. The molecule has 1 heterocycles. The maximum Gasteiger partial charge on any atom is 0.0473 e. The zero-order valence-corrected chi connectivity index (χ0v) is 13.4. The van der Waals surface area contributed by atoms with E-state index >= 15 is 0 Å². The van der Waals surface area contributed by atoms with Gasteiger partial charge in [0.15, 0.2) is 0 Å². The highest BCUT2D eigenvalue weighted by Crippen LogP contribution is 2.39. The van der Waals surface area contributed by atoms with Gasteiger partial charge in [0.2, 0.25) is 0 Å². The highest BCUT2D eigenvalue weighted by atomic mass is 15.2. The fourth-order valence-electron chi connectivity index (χ4n) is 4.49. The van der Waals surface area contributed by atoms with Gasteiger partial charge in [-0.1, -0.05) is 44.0 Å². The van der Waals surface area contributed by atoms with E-state index < -0.39 is 0 Å². The molecule has 2 N–H and O–H groups in total. The minimum absolute atomic E-state index is 0.418. The van der Waals surface area contributed by atoms with Crippen LogP contribution in [0.4, 0.5) is 0 Å². The lowest BCUT2D eigenvalue weighted by Crippen LogP contribution is -2.49. The third kappa shape index (κ3) is 3.17. The van der Waals surface area contributed by atoms with Crippen molar-refractivity contribution in [3.05, 3.63) is 35.4 Å². The molecule has 21 heavy (non-hydrogen) atoms. The van der Waals surface area contributed by atoms with Gasteiger partial charge in [-0.3, -0.25) is 4.90 Å². The smallest absolute Gasteiger partial charge is 0.0473 e. The molecule has 2 aliphatic rings. The lowest BCUT2D eigenvalue weighted by molar-refractivity contribution is 0.0276. The molecular formula is C19H30N2. The van der Waals surface area contributed by atoms with Gasteiger partial charge in [0.05, 0.1) is 0 Å². The number of aryl methyl sites for hydroxylation is 1. The molecule has 2 nitrogen and oxygen atoms in total. The Kier molecular flexibility index (Phi) is 4.97. The first kappa shape index (κ1) is 15.1. The second-order valence-corrected chi connectivity index (χ2v) is 6.84. The number of hydrogen-bond acceptors (Lipinski definition) is 2. The van der Waals surface area contributed by atoms with Gasteiger partial charge in [-0.2, -0.15) is 0 Å². The maximum atomic E-state index is 6.19. The fourth-order valence-corrected chi connectivity index (χ4v) is 4.49. The summed E-state index contributed by atoms with van der Waals surface area (Å²) in [5.74, 6) is 0.927. The van der Waals surface area contributed by atoms with E-state index in [9.17, 15) is 0 Å². The van der Waals surface area contributed by atoms with Crippen LogP contribution in [0.15, 0.2) is 24.3 Å². The first-order chi connectivity index (χ1) is 10.3. The Morgan fingerprint density at radius 1 is 1.10 bits per heavy atom. The normalized spacial score (nSPS) is 28.1. The van der Waals surface area contributed by atoms with Crippen LogP contribution < -0.4 is 5.73 Å². The Labute approximate surface area is 129 Å². The first-order valence-corrected chi connectivity index (χ1v) is 8.88. The molecule has 0 amide bonds. The van der Waals surface area contributed by atoms with E-state index in [4.69, 9.17) is 5.73 Å². The molecule has 1 saturated heterocycles. The van der Waals surface area contributed by atoms with Crippen LogP contribution in [0.25, 0.3) is 0 Å². The van der Waals surface area contributed by atoms with Crippen molar-refractivity contribution in [1.82, 2.24) is 4.90 Å². The van der Waals surface area contributed by atoms with Crippen molar-refractivity contribution < 1.29 is 0 Å². The van der Waals surface area contributed by atoms with Crippen LogP contribution >= 0.6 is 0 Å². The summed E-state index contributed by atoms with van der Waals surface area (Å²) < 4.78 is 0. The molecule has 3 rings (SSSR count). The molecule has 3 atom stereocenters. The topological polar surface area (TPSA) is 29.3 Å². The molecule has 2 fully saturated rings. The SMILES string of the molecule is CCc1ccc(C(CN)N2CCCC3CCCCC32)cc1. The van der Waals surface area contributed by atoms with E-state index in [1.54, 1.807) is 0 Å². The molecule has 1 aliphatic heterocycles. The zero-order chi connectivity index (χ0) is 14.7. The van der Waals surface area contributed by atoms with Crippen LogP contribution in [-0.4, -0.2) is 24.0 Å². The number of nitrogens with zero attached hydrogens (tertiary/aromatic N) is 1. The molecule has 1 aliphatic carbocycles. The summed E-state index contributed by atoms with van der Waals surface area (Å²) >= 11 is 0. The number of hydrogen-bond donors (Lipinski definition) is 1. The fraction of sp³-hybridized carbons (Fsp3) is 0.684. The minimum atomic E-state index is 0.418. The molecule has 116 valence electrons. The van der Waals surface area contributed by atoms with Gasteiger partial charge in [-0.15, -0.1) is 0 Å². The van der Waals surface area contributed by atoms with Gasteiger partial charge >= 0.3 is 0 Å². The van der Waals surface area contributed by atoms with E-state index in [1.807, 2.05) is 0 Å². The number of piperidine rings is 1. The second kappa shape index (κ2) is 6.93. The molecule has 0 spiro atoms. The summed E-state index contributed by atoms with van der Waals surface area (Å²) in [7, 11) is 0. The standard InChI is InChI=1S/C19H30N2/c1-2-15-9-11-17(12-10-15)19(14-20)21-13-5-7-16-6-3-4-8-18(16)21/h9-12,16,18-19H,2-8,13-14,20H2,1H3. The van der Waals surface area contributed by atoms with E-state index in [1.165, 1.54) is 56.2 Å². The van der Waals surface area contributed by atoms with Crippen molar-refractivity contribution in [3.8, 4) is 0 Å². The number of nitrogens with two attached hydrogens (primary N) is 1. The summed E-state index contributed by atoms with van der Waals surface area (Å²) in [6.45, 7) is 4.19. The van der Waals surface area contributed by atoms with Crippen molar-refractivity contribution in [2.75, 3.05) is 13.1 Å². The number of benzene rings is 1. The van der Waals surface area contributed by atoms with Gasteiger partial charge in [0.25, 0.3) is 0 Å². The van der Waals surface area contributed by atoms with E-state index in [0.29, 0.717) is 6.04 Å². The Bertz CT molecular complexity index is 437. The Balaban J connectivity index is 1.80. The Hall–Kier alpha value is -0.860. The maximum absolute atomic E-state index is 6.19. The number of rotatable bonds is 4. The molecule has 0 aromatic heterocycles. The summed E-state index contributed by atoms with van der Waals surface area (Å²) in [6.07, 6.45) is 9.57. The van der Waals surface area contributed by atoms with Crippen molar-refractivity contribution in [2.24, 2.45) is 11.7 Å². The van der Waals surface area contributed by atoms with Crippen molar-refractivity contribution in [3.63, 3.8) is 0 Å². The molecule has 0 radical (unpaired) electrons. The Morgan fingerprint density at radius 2 is 1.81 bits per heavy atom. The monoisotopic (exact) mass is 286 g/mol. The van der Waals surface area contributed by atoms with Gasteiger partial charge in [0.1, 0.15) is 0 Å². The van der Waals surface area contributed by atoms with Gasteiger partial charge in [-0.25, -0.2) is 0 Å². The summed E-state index contributed by atoms with van der Waals surface area (Å²) in [6, 6.07) is 10.4. The highest BCUT2D eigenvalue weighted by molar-refractivity contribution is 5.25. The van der Waals surface area contributed by atoms with Crippen LogP contribution in [0.5, 0.6) is 0 Å². The third-order valence-electron chi connectivity index (χ3n) is 5.68. The second-order valence-electron chi connectivity index (χ2n) is 6.84. The number of fused-ring (bicyclic) bond motifs is 1. The largest absolute Gasteiger partial charge is 0.329 e. The first-order valence-electron chi connectivity index (χ1n) is 8.88. The van der Waals surface area contributed by atoms with Crippen LogP contribution in [0.1, 0.15) is 62.6 Å². The average molecular weight is 286 g/mol. The molecule has 1 aromatic rings. The summed E-state index contributed by atoms with van der Waals surface area (Å²) in [4.78, 5) is 2.74. The Morgan fingerprint density at radius 3 is 2.52 bits per heavy atom. The van der Waals surface area contributed by atoms with E-state index in [-0.39, 0.29) is 0 Å². The minimum Gasteiger partial charge on any atom is -0.329 e. The van der Waals surface area contributed by atoms with E-state index in [2.05, 4.69) is 36.1 Å². The molecule has 3 unspecified atom stereocenters. The van der Waals surface area contributed by atoms with Crippen LogP contribution in [0.2, 0.25) is 0 Å². The lowest BCUT2D eigenvalue weighted by atomic mass is 9.77. The third-order valence-corrected chi connectivity index (χ3v) is 5.68. The highest BCUT2D eigenvalue weighted by Gasteiger charge is 2.36. The molecule has 2 heteroatoms.